The van der Waals surface area contributed by atoms with Gasteiger partial charge < -0.3 is 0 Å². The van der Waals surface area contributed by atoms with Crippen molar-refractivity contribution in [2.75, 3.05) is 6.54 Å². The van der Waals surface area contributed by atoms with Gasteiger partial charge in [0.05, 0.1) is 12.2 Å². The predicted octanol–water partition coefficient (Wildman–Crippen LogP) is 1.34. The van der Waals surface area contributed by atoms with Gasteiger partial charge in [-0.15, -0.1) is 0 Å². The minimum absolute atomic E-state index is 0.550. The number of pyridine rings is 1. The van der Waals surface area contributed by atoms with E-state index < -0.39 is 0 Å². The number of hydrogen-bond donors (Lipinski definition) is 0. The molecule has 0 aromatic carbocycles. The van der Waals surface area contributed by atoms with Crippen LogP contribution in [0.3, 0.4) is 0 Å². The average Bonchev–Trinajstić information content (AvgIpc) is 3.04. The van der Waals surface area contributed by atoms with Crippen molar-refractivity contribution in [3.05, 3.63) is 42.7 Å². The molecule has 1 saturated heterocycles. The second-order valence-electron chi connectivity index (χ2n) is 4.71. The molecule has 0 saturated carbocycles. The van der Waals surface area contributed by atoms with Crippen molar-refractivity contribution in [3.63, 3.8) is 0 Å². The number of nitrogens with zero attached hydrogens (tertiary/aromatic N) is 5. The van der Waals surface area contributed by atoms with Crippen molar-refractivity contribution >= 4 is 0 Å². The van der Waals surface area contributed by atoms with Crippen LogP contribution in [0.2, 0.25) is 0 Å². The Morgan fingerprint density at radius 2 is 2.33 bits per heavy atom. The Morgan fingerprint density at radius 1 is 1.33 bits per heavy atom. The third-order valence-electron chi connectivity index (χ3n) is 3.45. The lowest BCUT2D eigenvalue weighted by Crippen LogP contribution is -2.32. The van der Waals surface area contributed by atoms with E-state index in [-0.39, 0.29) is 0 Å². The fourth-order valence-electron chi connectivity index (χ4n) is 2.55. The lowest BCUT2D eigenvalue weighted by atomic mass is 10.2. The zero-order valence-electron chi connectivity index (χ0n) is 10.3. The van der Waals surface area contributed by atoms with Gasteiger partial charge in [-0.1, -0.05) is 6.07 Å². The van der Waals surface area contributed by atoms with Crippen molar-refractivity contribution < 1.29 is 0 Å². The number of likely N-dealkylation sites (tertiary alicyclic amines) is 1. The van der Waals surface area contributed by atoms with Crippen LogP contribution in [0.1, 0.15) is 18.5 Å². The van der Waals surface area contributed by atoms with E-state index in [1.54, 1.807) is 12.7 Å². The van der Waals surface area contributed by atoms with E-state index in [1.807, 2.05) is 23.0 Å². The first kappa shape index (κ1) is 11.3. The number of hydrogen-bond acceptors (Lipinski definition) is 4. The van der Waals surface area contributed by atoms with Crippen LogP contribution in [0.25, 0.3) is 0 Å². The van der Waals surface area contributed by atoms with E-state index in [1.165, 1.54) is 12.8 Å². The molecule has 1 aliphatic heterocycles. The SMILES string of the molecule is c1ccc(CN2CCC[C@@H]2Cn2cncn2)nc1. The molecule has 18 heavy (non-hydrogen) atoms. The number of aromatic nitrogens is 4. The maximum absolute atomic E-state index is 4.40. The van der Waals surface area contributed by atoms with Gasteiger partial charge in [-0.05, 0) is 31.5 Å². The normalized spacial score (nSPS) is 20.3. The summed E-state index contributed by atoms with van der Waals surface area (Å²) in [6.45, 7) is 3.00. The van der Waals surface area contributed by atoms with Crippen LogP contribution in [-0.4, -0.2) is 37.2 Å². The molecule has 1 fully saturated rings. The number of rotatable bonds is 4. The van der Waals surface area contributed by atoms with Gasteiger partial charge in [-0.2, -0.15) is 5.10 Å². The highest BCUT2D eigenvalue weighted by molar-refractivity contribution is 5.04. The van der Waals surface area contributed by atoms with Crippen molar-refractivity contribution in [1.29, 1.82) is 0 Å². The summed E-state index contributed by atoms with van der Waals surface area (Å²) in [6, 6.07) is 6.64. The Hall–Kier alpha value is -1.75. The van der Waals surface area contributed by atoms with Crippen LogP contribution in [0.4, 0.5) is 0 Å². The first-order valence-electron chi connectivity index (χ1n) is 6.38. The molecule has 3 rings (SSSR count). The maximum atomic E-state index is 4.40. The molecule has 3 heterocycles. The zero-order chi connectivity index (χ0) is 12.2. The largest absolute Gasteiger partial charge is 0.293 e. The average molecular weight is 243 g/mol. The lowest BCUT2D eigenvalue weighted by molar-refractivity contribution is 0.216. The van der Waals surface area contributed by atoms with Crippen LogP contribution < -0.4 is 0 Å². The van der Waals surface area contributed by atoms with Gasteiger partial charge in [0, 0.05) is 18.8 Å². The molecule has 94 valence electrons. The third kappa shape index (κ3) is 2.56. The zero-order valence-corrected chi connectivity index (χ0v) is 10.3. The molecule has 1 aliphatic rings. The highest BCUT2D eigenvalue weighted by Crippen LogP contribution is 2.20. The van der Waals surface area contributed by atoms with Gasteiger partial charge >= 0.3 is 0 Å². The summed E-state index contributed by atoms with van der Waals surface area (Å²) >= 11 is 0. The standard InChI is InChI=1S/C13H17N5/c1-2-6-15-12(4-1)8-17-7-3-5-13(17)9-18-11-14-10-16-18/h1-2,4,6,10-11,13H,3,5,7-9H2/t13-/m1/s1. The minimum Gasteiger partial charge on any atom is -0.293 e. The van der Waals surface area contributed by atoms with Crippen molar-refractivity contribution in [1.82, 2.24) is 24.6 Å². The summed E-state index contributed by atoms with van der Waals surface area (Å²) in [5.74, 6) is 0. The van der Waals surface area contributed by atoms with Gasteiger partial charge in [-0.3, -0.25) is 14.6 Å². The van der Waals surface area contributed by atoms with Crippen LogP contribution in [-0.2, 0) is 13.1 Å². The van der Waals surface area contributed by atoms with E-state index >= 15 is 0 Å². The topological polar surface area (TPSA) is 46.8 Å². The Labute approximate surface area is 106 Å². The molecule has 0 amide bonds. The summed E-state index contributed by atoms with van der Waals surface area (Å²) in [5.41, 5.74) is 1.14. The van der Waals surface area contributed by atoms with E-state index in [9.17, 15) is 0 Å². The third-order valence-corrected chi connectivity index (χ3v) is 3.45. The first-order valence-corrected chi connectivity index (χ1v) is 6.38. The van der Waals surface area contributed by atoms with E-state index in [0.29, 0.717) is 6.04 Å². The lowest BCUT2D eigenvalue weighted by Gasteiger charge is -2.23. The van der Waals surface area contributed by atoms with Crippen molar-refractivity contribution in [2.45, 2.75) is 32.0 Å². The Balaban J connectivity index is 1.64. The van der Waals surface area contributed by atoms with Crippen LogP contribution in [0.15, 0.2) is 37.1 Å². The molecule has 1 atom stereocenters. The van der Waals surface area contributed by atoms with Gasteiger partial charge in [0.1, 0.15) is 12.7 Å². The Bertz CT molecular complexity index is 467. The molecule has 5 heteroatoms. The monoisotopic (exact) mass is 243 g/mol. The van der Waals surface area contributed by atoms with Crippen LogP contribution in [0.5, 0.6) is 0 Å². The Kier molecular flexibility index (Phi) is 3.32. The van der Waals surface area contributed by atoms with Gasteiger partial charge in [0.25, 0.3) is 0 Å². The van der Waals surface area contributed by atoms with E-state index in [0.717, 1.165) is 25.3 Å². The summed E-state index contributed by atoms with van der Waals surface area (Å²) in [7, 11) is 0. The van der Waals surface area contributed by atoms with E-state index in [2.05, 4.69) is 26.0 Å². The van der Waals surface area contributed by atoms with Gasteiger partial charge in [0.15, 0.2) is 0 Å². The highest BCUT2D eigenvalue weighted by Gasteiger charge is 2.25. The molecule has 5 nitrogen and oxygen atoms in total. The maximum Gasteiger partial charge on any atom is 0.137 e. The van der Waals surface area contributed by atoms with Crippen LogP contribution in [0, 0.1) is 0 Å². The van der Waals surface area contributed by atoms with Crippen molar-refractivity contribution in [3.8, 4) is 0 Å². The fourth-order valence-corrected chi connectivity index (χ4v) is 2.55. The molecule has 0 bridgehead atoms. The minimum atomic E-state index is 0.550. The fraction of sp³-hybridized carbons (Fsp3) is 0.462. The molecule has 0 unspecified atom stereocenters. The molecule has 0 N–H and O–H groups in total. The summed E-state index contributed by atoms with van der Waals surface area (Å²) in [6.07, 6.45) is 7.73. The highest BCUT2D eigenvalue weighted by atomic mass is 15.3. The molecule has 2 aromatic rings. The molecular weight excluding hydrogens is 226 g/mol. The molecular formula is C13H17N5. The van der Waals surface area contributed by atoms with Crippen molar-refractivity contribution in [2.24, 2.45) is 0 Å². The molecule has 0 radical (unpaired) electrons. The molecule has 0 aliphatic carbocycles. The second kappa shape index (κ2) is 5.27. The smallest absolute Gasteiger partial charge is 0.137 e. The quantitative estimate of drug-likeness (QED) is 0.813. The summed E-state index contributed by atoms with van der Waals surface area (Å²) < 4.78 is 1.92. The summed E-state index contributed by atoms with van der Waals surface area (Å²) in [5, 5.41) is 4.18. The molecule has 0 spiro atoms. The van der Waals surface area contributed by atoms with Gasteiger partial charge in [0.2, 0.25) is 0 Å². The first-order chi connectivity index (χ1) is 8.92. The molecule has 2 aromatic heterocycles. The van der Waals surface area contributed by atoms with Crippen LogP contribution >= 0.6 is 0 Å². The Morgan fingerprint density at radius 3 is 3.11 bits per heavy atom. The summed E-state index contributed by atoms with van der Waals surface area (Å²) in [4.78, 5) is 10.9. The van der Waals surface area contributed by atoms with Gasteiger partial charge in [-0.25, -0.2) is 4.98 Å². The predicted molar refractivity (Wildman–Crippen MR) is 67.7 cm³/mol. The second-order valence-corrected chi connectivity index (χ2v) is 4.71. The van der Waals surface area contributed by atoms with E-state index in [4.69, 9.17) is 0 Å².